The third kappa shape index (κ3) is 6.06. The fourth-order valence-electron chi connectivity index (χ4n) is 2.42. The lowest BCUT2D eigenvalue weighted by Crippen LogP contribution is -2.26. The van der Waals surface area contributed by atoms with Gasteiger partial charge in [-0.2, -0.15) is 0 Å². The van der Waals surface area contributed by atoms with Gasteiger partial charge in [-0.3, -0.25) is 14.6 Å². The number of nitrogens with one attached hydrogen (secondary N) is 3. The number of sulfonamides is 1. The minimum Gasteiger partial charge on any atom is -0.351 e. The fraction of sp³-hybridized carbons (Fsp3) is 0.211. The van der Waals surface area contributed by atoms with Crippen molar-refractivity contribution in [2.45, 2.75) is 12.1 Å². The number of anilines is 1. The minimum absolute atomic E-state index is 0.0339. The Morgan fingerprint density at radius 2 is 1.93 bits per heavy atom. The first kappa shape index (κ1) is 20.9. The number of thioether (sulfide) groups is 1. The zero-order valence-electron chi connectivity index (χ0n) is 15.8. The number of hydrogen-bond acceptors (Lipinski definition) is 6. The lowest BCUT2D eigenvalue weighted by Gasteiger charge is -2.08. The van der Waals surface area contributed by atoms with Gasteiger partial charge in [0.25, 0.3) is 5.91 Å². The van der Waals surface area contributed by atoms with Crippen LogP contribution in [0, 0.1) is 0 Å². The van der Waals surface area contributed by atoms with Crippen molar-refractivity contribution in [3.8, 4) is 11.4 Å². The van der Waals surface area contributed by atoms with E-state index in [2.05, 4.69) is 25.2 Å². The Balaban J connectivity index is 1.49. The first-order valence-corrected chi connectivity index (χ1v) is 11.6. The van der Waals surface area contributed by atoms with Crippen LogP contribution in [-0.4, -0.2) is 47.6 Å². The predicted octanol–water partition coefficient (Wildman–Crippen LogP) is 2.76. The molecule has 152 valence electrons. The van der Waals surface area contributed by atoms with Gasteiger partial charge in [-0.1, -0.05) is 48.2 Å². The molecule has 3 rings (SSSR count). The zero-order chi connectivity index (χ0) is 20.7. The van der Waals surface area contributed by atoms with Gasteiger partial charge in [0.15, 0.2) is 5.82 Å². The van der Waals surface area contributed by atoms with E-state index < -0.39 is 10.0 Å². The molecule has 3 N–H and O–H groups in total. The molecule has 0 aliphatic heterocycles. The van der Waals surface area contributed by atoms with E-state index in [1.807, 2.05) is 30.3 Å². The summed E-state index contributed by atoms with van der Waals surface area (Å²) in [6.45, 7) is 1.97. The predicted molar refractivity (Wildman–Crippen MR) is 114 cm³/mol. The summed E-state index contributed by atoms with van der Waals surface area (Å²) in [6, 6.07) is 16.1. The third-order valence-electron chi connectivity index (χ3n) is 3.91. The van der Waals surface area contributed by atoms with Gasteiger partial charge in [-0.05, 0) is 25.1 Å². The average Bonchev–Trinajstić information content (AvgIpc) is 3.20. The molecule has 0 saturated heterocycles. The van der Waals surface area contributed by atoms with E-state index in [-0.39, 0.29) is 11.7 Å². The standard InChI is InChI=1S/C19H21N5O3S2/c1-2-29(26,27)24-16-10-6-9-15(13-16)18(25)20-11-12-28-19-21-17(22-23-19)14-7-4-3-5-8-14/h3-10,13,24H,2,11-12H2,1H3,(H,20,25)(H,21,22,23). The second kappa shape index (κ2) is 9.57. The molecule has 1 aromatic heterocycles. The molecule has 0 unspecified atom stereocenters. The molecule has 10 heteroatoms. The number of amides is 1. The molecular formula is C19H21N5O3S2. The zero-order valence-corrected chi connectivity index (χ0v) is 17.4. The molecule has 0 saturated carbocycles. The van der Waals surface area contributed by atoms with Crippen LogP contribution in [0.15, 0.2) is 59.8 Å². The molecule has 0 radical (unpaired) electrons. The monoisotopic (exact) mass is 431 g/mol. The molecule has 0 spiro atoms. The number of carbonyl (C=O) groups is 1. The number of carbonyl (C=O) groups excluding carboxylic acids is 1. The molecule has 0 aliphatic rings. The highest BCUT2D eigenvalue weighted by atomic mass is 32.2. The quantitative estimate of drug-likeness (QED) is 0.354. The van der Waals surface area contributed by atoms with Crippen molar-refractivity contribution in [2.75, 3.05) is 22.8 Å². The Labute approximate surface area is 173 Å². The van der Waals surface area contributed by atoms with Crippen LogP contribution in [0.5, 0.6) is 0 Å². The maximum Gasteiger partial charge on any atom is 0.251 e. The molecule has 2 aromatic carbocycles. The normalized spacial score (nSPS) is 11.2. The SMILES string of the molecule is CCS(=O)(=O)Nc1cccc(C(=O)NCCSc2n[nH]c(-c3ccccc3)n2)c1. The van der Waals surface area contributed by atoms with E-state index in [4.69, 9.17) is 0 Å². The Bertz CT molecular complexity index is 1070. The molecule has 0 atom stereocenters. The fourth-order valence-corrected chi connectivity index (χ4v) is 3.70. The van der Waals surface area contributed by atoms with E-state index in [0.717, 1.165) is 5.56 Å². The smallest absolute Gasteiger partial charge is 0.251 e. The Kier molecular flexibility index (Phi) is 6.89. The van der Waals surface area contributed by atoms with Gasteiger partial charge in [0.05, 0.1) is 5.75 Å². The molecular weight excluding hydrogens is 410 g/mol. The number of nitrogens with zero attached hydrogens (tertiary/aromatic N) is 2. The van der Waals surface area contributed by atoms with Crippen molar-refractivity contribution in [1.82, 2.24) is 20.5 Å². The lowest BCUT2D eigenvalue weighted by atomic mass is 10.2. The maximum atomic E-state index is 12.3. The summed E-state index contributed by atoms with van der Waals surface area (Å²) in [4.78, 5) is 16.7. The number of aromatic nitrogens is 3. The summed E-state index contributed by atoms with van der Waals surface area (Å²) in [5.74, 6) is 0.986. The Hall–Kier alpha value is -2.85. The van der Waals surface area contributed by atoms with E-state index in [0.29, 0.717) is 34.5 Å². The van der Waals surface area contributed by atoms with Gasteiger partial charge in [0.2, 0.25) is 15.2 Å². The second-order valence-electron chi connectivity index (χ2n) is 6.02. The van der Waals surface area contributed by atoms with Crippen LogP contribution in [0.1, 0.15) is 17.3 Å². The molecule has 8 nitrogen and oxygen atoms in total. The van der Waals surface area contributed by atoms with Gasteiger partial charge >= 0.3 is 0 Å². The number of benzene rings is 2. The highest BCUT2D eigenvalue weighted by Gasteiger charge is 2.10. The van der Waals surface area contributed by atoms with Gasteiger partial charge in [-0.25, -0.2) is 13.4 Å². The number of rotatable bonds is 9. The summed E-state index contributed by atoms with van der Waals surface area (Å²) in [7, 11) is -3.39. The van der Waals surface area contributed by atoms with Crippen molar-refractivity contribution in [1.29, 1.82) is 0 Å². The second-order valence-corrected chi connectivity index (χ2v) is 9.10. The van der Waals surface area contributed by atoms with E-state index in [9.17, 15) is 13.2 Å². The molecule has 1 heterocycles. The van der Waals surface area contributed by atoms with Crippen molar-refractivity contribution < 1.29 is 13.2 Å². The topological polar surface area (TPSA) is 117 Å². The van der Waals surface area contributed by atoms with Gasteiger partial charge in [0, 0.05) is 29.1 Å². The average molecular weight is 432 g/mol. The first-order valence-electron chi connectivity index (χ1n) is 8.96. The van der Waals surface area contributed by atoms with E-state index >= 15 is 0 Å². The van der Waals surface area contributed by atoms with Gasteiger partial charge in [0.1, 0.15) is 0 Å². The van der Waals surface area contributed by atoms with E-state index in [1.54, 1.807) is 25.1 Å². The summed E-state index contributed by atoms with van der Waals surface area (Å²) < 4.78 is 25.8. The van der Waals surface area contributed by atoms with Crippen LogP contribution < -0.4 is 10.0 Å². The summed E-state index contributed by atoms with van der Waals surface area (Å²) in [5, 5.41) is 10.5. The van der Waals surface area contributed by atoms with Crippen molar-refractivity contribution in [2.24, 2.45) is 0 Å². The molecule has 0 aliphatic carbocycles. The van der Waals surface area contributed by atoms with Crippen LogP contribution >= 0.6 is 11.8 Å². The first-order chi connectivity index (χ1) is 14.0. The highest BCUT2D eigenvalue weighted by molar-refractivity contribution is 7.99. The molecule has 3 aromatic rings. The summed E-state index contributed by atoms with van der Waals surface area (Å²) >= 11 is 1.43. The van der Waals surface area contributed by atoms with Crippen LogP contribution in [0.2, 0.25) is 0 Å². The highest BCUT2D eigenvalue weighted by Crippen LogP contribution is 2.18. The molecule has 29 heavy (non-hydrogen) atoms. The maximum absolute atomic E-state index is 12.3. The van der Waals surface area contributed by atoms with Crippen molar-refractivity contribution >= 4 is 33.4 Å². The lowest BCUT2D eigenvalue weighted by molar-refractivity contribution is 0.0956. The summed E-state index contributed by atoms with van der Waals surface area (Å²) in [6.07, 6.45) is 0. The van der Waals surface area contributed by atoms with Crippen LogP contribution in [0.3, 0.4) is 0 Å². The third-order valence-corrected chi connectivity index (χ3v) is 6.06. The minimum atomic E-state index is -3.39. The number of hydrogen-bond donors (Lipinski definition) is 3. The van der Waals surface area contributed by atoms with E-state index in [1.165, 1.54) is 17.8 Å². The molecule has 0 bridgehead atoms. The number of H-pyrrole nitrogens is 1. The van der Waals surface area contributed by atoms with Gasteiger partial charge in [-0.15, -0.1) is 5.10 Å². The Morgan fingerprint density at radius 3 is 2.69 bits per heavy atom. The van der Waals surface area contributed by atoms with Crippen LogP contribution in [-0.2, 0) is 10.0 Å². The van der Waals surface area contributed by atoms with Crippen molar-refractivity contribution in [3.05, 3.63) is 60.2 Å². The largest absolute Gasteiger partial charge is 0.351 e. The number of aromatic amines is 1. The van der Waals surface area contributed by atoms with Crippen molar-refractivity contribution in [3.63, 3.8) is 0 Å². The Morgan fingerprint density at radius 1 is 1.14 bits per heavy atom. The van der Waals surface area contributed by atoms with Crippen LogP contribution in [0.4, 0.5) is 5.69 Å². The molecule has 1 amide bonds. The van der Waals surface area contributed by atoms with Crippen LogP contribution in [0.25, 0.3) is 11.4 Å². The molecule has 0 fully saturated rings. The summed E-state index contributed by atoms with van der Waals surface area (Å²) in [5.41, 5.74) is 1.71. The van der Waals surface area contributed by atoms with Gasteiger partial charge < -0.3 is 5.32 Å².